The van der Waals surface area contributed by atoms with Gasteiger partial charge in [-0.15, -0.1) is 0 Å². The summed E-state index contributed by atoms with van der Waals surface area (Å²) in [6, 6.07) is -2.02. The van der Waals surface area contributed by atoms with Crippen LogP contribution in [-0.4, -0.2) is 71.5 Å². The van der Waals surface area contributed by atoms with Gasteiger partial charge in [-0.2, -0.15) is 0 Å². The summed E-state index contributed by atoms with van der Waals surface area (Å²) in [6.07, 6.45) is 0.450. The summed E-state index contributed by atoms with van der Waals surface area (Å²) >= 11 is 0. The maximum absolute atomic E-state index is 12.4. The van der Waals surface area contributed by atoms with Crippen molar-refractivity contribution >= 4 is 31.3 Å². The van der Waals surface area contributed by atoms with Gasteiger partial charge < -0.3 is 42.1 Å². The quantitative estimate of drug-likeness (QED) is 0.0679. The molecule has 0 fully saturated rings. The summed E-state index contributed by atoms with van der Waals surface area (Å²) in [6.45, 7) is 2.86. The fourth-order valence-electron chi connectivity index (χ4n) is 2.00. The first-order chi connectivity index (χ1) is 12.9. The second-order valence-corrected chi connectivity index (χ2v) is 8.09. The molecular weight excluding hydrogens is 393 g/mol. The fourth-order valence-corrected chi connectivity index (χ4v) is 2.30. The van der Waals surface area contributed by atoms with E-state index in [0.29, 0.717) is 6.42 Å². The number of carbonyl (C=O) groups is 3. The SMILES string of the molecule is CNCC(=O)N[C@@H](C)C(=O)N[C@@H](CCCNC(=N)N)C(=O)N[C@@H](C)P(=O)(O)O. The molecular formula is C14H30N7O6P. The minimum atomic E-state index is -4.54. The molecule has 3 amide bonds. The Hall–Kier alpha value is -2.21. The van der Waals surface area contributed by atoms with Gasteiger partial charge in [-0.05, 0) is 33.7 Å². The Morgan fingerprint density at radius 3 is 2.21 bits per heavy atom. The molecule has 28 heavy (non-hydrogen) atoms. The Morgan fingerprint density at radius 2 is 1.71 bits per heavy atom. The van der Waals surface area contributed by atoms with Gasteiger partial charge in [-0.3, -0.25) is 24.4 Å². The number of hydrogen-bond acceptors (Lipinski definition) is 6. The van der Waals surface area contributed by atoms with Crippen LogP contribution in [0.3, 0.4) is 0 Å². The van der Waals surface area contributed by atoms with Gasteiger partial charge in [0.15, 0.2) is 5.96 Å². The Balaban J connectivity index is 4.97. The summed E-state index contributed by atoms with van der Waals surface area (Å²) in [5.41, 5.74) is 5.17. The third-order valence-corrected chi connectivity index (χ3v) is 4.72. The van der Waals surface area contributed by atoms with E-state index in [1.807, 2.05) is 0 Å². The Kier molecular flexibility index (Phi) is 11.3. The summed E-state index contributed by atoms with van der Waals surface area (Å²) in [5.74, 6) is -3.50. The molecule has 0 aromatic rings. The van der Waals surface area contributed by atoms with E-state index in [0.717, 1.165) is 6.92 Å². The van der Waals surface area contributed by atoms with Crippen LogP contribution in [0.1, 0.15) is 26.7 Å². The molecule has 13 nitrogen and oxygen atoms in total. The summed E-state index contributed by atoms with van der Waals surface area (Å²) < 4.78 is 11.2. The van der Waals surface area contributed by atoms with Crippen LogP contribution in [-0.2, 0) is 18.9 Å². The van der Waals surface area contributed by atoms with Gasteiger partial charge >= 0.3 is 7.60 Å². The highest BCUT2D eigenvalue weighted by atomic mass is 31.2. The molecule has 0 spiro atoms. The molecule has 14 heteroatoms. The second kappa shape index (κ2) is 12.3. The van der Waals surface area contributed by atoms with E-state index in [2.05, 4.69) is 26.6 Å². The van der Waals surface area contributed by atoms with Crippen molar-refractivity contribution in [3.05, 3.63) is 0 Å². The molecule has 0 aliphatic heterocycles. The van der Waals surface area contributed by atoms with E-state index >= 15 is 0 Å². The van der Waals surface area contributed by atoms with Crippen molar-refractivity contribution in [1.29, 1.82) is 5.41 Å². The van der Waals surface area contributed by atoms with E-state index in [1.165, 1.54) is 6.92 Å². The number of nitrogens with one attached hydrogen (secondary N) is 6. The number of carbonyl (C=O) groups excluding carboxylic acids is 3. The molecule has 0 aromatic heterocycles. The largest absolute Gasteiger partial charge is 0.370 e. The zero-order chi connectivity index (χ0) is 21.9. The first kappa shape index (κ1) is 25.8. The van der Waals surface area contributed by atoms with Crippen molar-refractivity contribution in [1.82, 2.24) is 26.6 Å². The molecule has 0 radical (unpaired) electrons. The number of hydrogen-bond donors (Lipinski definition) is 9. The molecule has 162 valence electrons. The highest BCUT2D eigenvalue weighted by Gasteiger charge is 2.30. The fraction of sp³-hybridized carbons (Fsp3) is 0.714. The predicted octanol–water partition coefficient (Wildman–Crippen LogP) is -2.90. The van der Waals surface area contributed by atoms with Crippen molar-refractivity contribution in [2.75, 3.05) is 20.1 Å². The van der Waals surface area contributed by atoms with Crippen molar-refractivity contribution in [3.63, 3.8) is 0 Å². The molecule has 0 rings (SSSR count). The summed E-state index contributed by atoms with van der Waals surface area (Å²) in [4.78, 5) is 54.4. The number of nitrogens with two attached hydrogens (primary N) is 1. The standard InChI is InChI=1S/C14H30N7O6P/c1-8(19-11(22)7-17-3)12(23)21-10(5-4-6-18-14(15)16)13(24)20-9(2)28(25,26)27/h8-10,17H,4-7H2,1-3H3,(H,19,22)(H,20,24)(H,21,23)(H4,15,16,18)(H2,25,26,27)/t8-,9+,10-/m0/s1. The van der Waals surface area contributed by atoms with Crippen molar-refractivity contribution in [3.8, 4) is 0 Å². The topological polar surface area (TPSA) is 219 Å². The van der Waals surface area contributed by atoms with Crippen LogP contribution in [0, 0.1) is 5.41 Å². The minimum absolute atomic E-state index is 0.0120. The zero-order valence-electron chi connectivity index (χ0n) is 16.1. The van der Waals surface area contributed by atoms with E-state index in [1.54, 1.807) is 7.05 Å². The highest BCUT2D eigenvalue weighted by molar-refractivity contribution is 7.52. The molecule has 0 bridgehead atoms. The molecule has 0 aliphatic rings. The van der Waals surface area contributed by atoms with Crippen LogP contribution in [0.25, 0.3) is 0 Å². The predicted molar refractivity (Wildman–Crippen MR) is 102 cm³/mol. The second-order valence-electron chi connectivity index (χ2n) is 6.14. The van der Waals surface area contributed by atoms with Gasteiger partial charge in [0.25, 0.3) is 0 Å². The first-order valence-electron chi connectivity index (χ1n) is 8.56. The van der Waals surface area contributed by atoms with Gasteiger partial charge in [0, 0.05) is 6.54 Å². The molecule has 3 atom stereocenters. The van der Waals surface area contributed by atoms with Crippen LogP contribution >= 0.6 is 7.60 Å². The van der Waals surface area contributed by atoms with Gasteiger partial charge in [0.05, 0.1) is 6.54 Å². The summed E-state index contributed by atoms with van der Waals surface area (Å²) in [7, 11) is -2.97. The molecule has 0 unspecified atom stereocenters. The third-order valence-electron chi connectivity index (χ3n) is 3.58. The molecule has 0 saturated heterocycles. The van der Waals surface area contributed by atoms with Gasteiger partial charge in [0.2, 0.25) is 17.7 Å². The van der Waals surface area contributed by atoms with Crippen LogP contribution in [0.2, 0.25) is 0 Å². The Bertz CT molecular complexity index is 611. The Morgan fingerprint density at radius 1 is 1.11 bits per heavy atom. The van der Waals surface area contributed by atoms with E-state index < -0.39 is 43.2 Å². The average molecular weight is 423 g/mol. The number of rotatable bonds is 12. The zero-order valence-corrected chi connectivity index (χ0v) is 17.0. The Labute approximate surface area is 163 Å². The van der Waals surface area contributed by atoms with Crippen molar-refractivity contribution < 1.29 is 28.7 Å². The lowest BCUT2D eigenvalue weighted by molar-refractivity contribution is -0.131. The highest BCUT2D eigenvalue weighted by Crippen LogP contribution is 2.39. The number of likely N-dealkylation sites (N-methyl/N-ethyl adjacent to an activating group) is 1. The van der Waals surface area contributed by atoms with Crippen LogP contribution in [0.4, 0.5) is 0 Å². The molecule has 0 aliphatic carbocycles. The maximum atomic E-state index is 12.4. The molecule has 10 N–H and O–H groups in total. The lowest BCUT2D eigenvalue weighted by atomic mass is 10.1. The molecule has 0 aromatic carbocycles. The lowest BCUT2D eigenvalue weighted by Crippen LogP contribution is -2.54. The smallest absolute Gasteiger partial charge is 0.347 e. The van der Waals surface area contributed by atoms with Gasteiger partial charge in [-0.1, -0.05) is 0 Å². The minimum Gasteiger partial charge on any atom is -0.370 e. The third kappa shape index (κ3) is 10.8. The first-order valence-corrected chi connectivity index (χ1v) is 10.2. The maximum Gasteiger partial charge on any atom is 0.347 e. The monoisotopic (exact) mass is 423 g/mol. The van der Waals surface area contributed by atoms with E-state index in [4.69, 9.17) is 20.9 Å². The van der Waals surface area contributed by atoms with Crippen LogP contribution < -0.4 is 32.3 Å². The lowest BCUT2D eigenvalue weighted by Gasteiger charge is -2.23. The van der Waals surface area contributed by atoms with Crippen LogP contribution in [0.15, 0.2) is 0 Å². The normalized spacial score (nSPS) is 14.3. The molecule has 0 heterocycles. The number of amides is 3. The summed E-state index contributed by atoms with van der Waals surface area (Å²) in [5, 5.41) is 19.3. The van der Waals surface area contributed by atoms with E-state index in [-0.39, 0.29) is 25.5 Å². The average Bonchev–Trinajstić information content (AvgIpc) is 2.56. The van der Waals surface area contributed by atoms with E-state index in [9.17, 15) is 18.9 Å². The van der Waals surface area contributed by atoms with Crippen LogP contribution in [0.5, 0.6) is 0 Å². The number of guanidine groups is 1. The molecule has 0 saturated carbocycles. The van der Waals surface area contributed by atoms with Crippen molar-refractivity contribution in [2.24, 2.45) is 5.73 Å². The van der Waals surface area contributed by atoms with Crippen molar-refractivity contribution in [2.45, 2.75) is 44.6 Å². The van der Waals surface area contributed by atoms with Gasteiger partial charge in [-0.25, -0.2) is 0 Å². The van der Waals surface area contributed by atoms with Gasteiger partial charge in [0.1, 0.15) is 17.9 Å².